The zero-order valence-electron chi connectivity index (χ0n) is 10.6. The predicted octanol–water partition coefficient (Wildman–Crippen LogP) is 4.29. The molecule has 0 unspecified atom stereocenters. The molecule has 2 nitrogen and oxygen atoms in total. The Hall–Kier alpha value is -0.260. The SMILES string of the molecule is CC(=S)N[C@@](C)(CC1=NCCC1)c1cc(Br)cs1. The van der Waals surface area contributed by atoms with Crippen LogP contribution in [0.3, 0.4) is 0 Å². The van der Waals surface area contributed by atoms with E-state index < -0.39 is 0 Å². The van der Waals surface area contributed by atoms with Crippen molar-refractivity contribution in [3.63, 3.8) is 0 Å². The Labute approximate surface area is 126 Å². The first-order valence-electron chi connectivity index (χ1n) is 6.05. The topological polar surface area (TPSA) is 24.4 Å². The fraction of sp³-hybridized carbons (Fsp3) is 0.538. The minimum Gasteiger partial charge on any atom is -0.369 e. The second-order valence-corrected chi connectivity index (χ2v) is 7.31. The van der Waals surface area contributed by atoms with E-state index in [0.717, 1.165) is 28.8 Å². The Morgan fingerprint density at radius 3 is 2.94 bits per heavy atom. The van der Waals surface area contributed by atoms with Crippen LogP contribution in [0.15, 0.2) is 20.9 Å². The van der Waals surface area contributed by atoms with Crippen LogP contribution in [0.25, 0.3) is 0 Å². The zero-order chi connectivity index (χ0) is 13.2. The number of rotatable bonds is 4. The number of nitrogens with zero attached hydrogens (tertiary/aromatic N) is 1. The Bertz CT molecular complexity index is 481. The summed E-state index contributed by atoms with van der Waals surface area (Å²) in [5.41, 5.74) is 1.18. The van der Waals surface area contributed by atoms with Crippen LogP contribution < -0.4 is 5.32 Å². The van der Waals surface area contributed by atoms with Gasteiger partial charge in [0.2, 0.25) is 0 Å². The fourth-order valence-corrected chi connectivity index (χ4v) is 4.11. The first-order chi connectivity index (χ1) is 8.49. The van der Waals surface area contributed by atoms with E-state index in [1.54, 1.807) is 11.3 Å². The highest BCUT2D eigenvalue weighted by atomic mass is 79.9. The molecule has 0 fully saturated rings. The molecule has 0 aromatic carbocycles. The number of thiocarbonyl (C=S) groups is 1. The maximum absolute atomic E-state index is 5.23. The Morgan fingerprint density at radius 2 is 2.44 bits per heavy atom. The highest BCUT2D eigenvalue weighted by Gasteiger charge is 2.30. The smallest absolute Gasteiger partial charge is 0.0746 e. The maximum Gasteiger partial charge on any atom is 0.0746 e. The lowest BCUT2D eigenvalue weighted by molar-refractivity contribution is 0.464. The predicted molar refractivity (Wildman–Crippen MR) is 86.9 cm³/mol. The molecule has 2 heterocycles. The van der Waals surface area contributed by atoms with Crippen LogP contribution in [-0.4, -0.2) is 17.2 Å². The summed E-state index contributed by atoms with van der Waals surface area (Å²) in [6.07, 6.45) is 3.25. The van der Waals surface area contributed by atoms with Gasteiger partial charge in [-0.1, -0.05) is 12.2 Å². The number of nitrogens with one attached hydrogen (secondary N) is 1. The molecule has 0 bridgehead atoms. The first-order valence-corrected chi connectivity index (χ1v) is 8.13. The van der Waals surface area contributed by atoms with Gasteiger partial charge in [0.15, 0.2) is 0 Å². The molecular weight excluding hydrogens is 328 g/mol. The lowest BCUT2D eigenvalue weighted by Gasteiger charge is -2.30. The van der Waals surface area contributed by atoms with Gasteiger partial charge in [-0.05, 0) is 48.7 Å². The van der Waals surface area contributed by atoms with E-state index in [4.69, 9.17) is 12.2 Å². The fourth-order valence-electron chi connectivity index (χ4n) is 2.34. The molecule has 0 saturated carbocycles. The van der Waals surface area contributed by atoms with Crippen LogP contribution in [0.5, 0.6) is 0 Å². The van der Waals surface area contributed by atoms with Gasteiger partial charge in [-0.3, -0.25) is 4.99 Å². The van der Waals surface area contributed by atoms with Crippen molar-refractivity contribution in [2.24, 2.45) is 4.99 Å². The third-order valence-corrected chi connectivity index (χ3v) is 5.14. The van der Waals surface area contributed by atoms with Crippen LogP contribution in [0.1, 0.15) is 38.0 Å². The highest BCUT2D eigenvalue weighted by Crippen LogP contribution is 2.34. The molecule has 18 heavy (non-hydrogen) atoms. The summed E-state index contributed by atoms with van der Waals surface area (Å²) in [4.78, 5) is 6.72. The Morgan fingerprint density at radius 1 is 1.67 bits per heavy atom. The van der Waals surface area contributed by atoms with Gasteiger partial charge >= 0.3 is 0 Å². The third-order valence-electron chi connectivity index (χ3n) is 3.08. The van der Waals surface area contributed by atoms with E-state index in [1.165, 1.54) is 17.0 Å². The van der Waals surface area contributed by atoms with Crippen LogP contribution in [0, 0.1) is 0 Å². The van der Waals surface area contributed by atoms with Crippen molar-refractivity contribution in [1.29, 1.82) is 0 Å². The van der Waals surface area contributed by atoms with Crippen molar-refractivity contribution in [3.05, 3.63) is 20.8 Å². The van der Waals surface area contributed by atoms with E-state index in [1.807, 2.05) is 6.92 Å². The molecule has 0 radical (unpaired) electrons. The monoisotopic (exact) mass is 344 g/mol. The Kier molecular flexibility index (Phi) is 4.56. The molecule has 0 spiro atoms. The van der Waals surface area contributed by atoms with Crippen molar-refractivity contribution >= 4 is 50.2 Å². The molecule has 1 atom stereocenters. The Balaban J connectivity index is 2.24. The maximum atomic E-state index is 5.23. The second-order valence-electron chi connectivity index (χ2n) is 4.87. The minimum atomic E-state index is -0.133. The molecule has 1 aromatic heterocycles. The lowest BCUT2D eigenvalue weighted by Crippen LogP contribution is -2.42. The largest absolute Gasteiger partial charge is 0.369 e. The van der Waals surface area contributed by atoms with Crippen molar-refractivity contribution in [2.45, 2.75) is 38.6 Å². The molecule has 1 N–H and O–H groups in total. The van der Waals surface area contributed by atoms with Gasteiger partial charge in [0.05, 0.1) is 10.5 Å². The van der Waals surface area contributed by atoms with Gasteiger partial charge < -0.3 is 5.32 Å². The summed E-state index contributed by atoms with van der Waals surface area (Å²) in [6.45, 7) is 5.13. The second kappa shape index (κ2) is 5.80. The van der Waals surface area contributed by atoms with Gasteiger partial charge in [0.25, 0.3) is 0 Å². The van der Waals surface area contributed by atoms with Crippen molar-refractivity contribution < 1.29 is 0 Å². The number of hydrogen-bond donors (Lipinski definition) is 1. The summed E-state index contributed by atoms with van der Waals surface area (Å²) in [6, 6.07) is 2.17. The number of aliphatic imine (C=N–C) groups is 1. The number of hydrogen-bond acceptors (Lipinski definition) is 3. The van der Waals surface area contributed by atoms with Crippen LogP contribution in [0.2, 0.25) is 0 Å². The number of halogens is 1. The third kappa shape index (κ3) is 3.39. The summed E-state index contributed by atoms with van der Waals surface area (Å²) < 4.78 is 1.13. The van der Waals surface area contributed by atoms with Gasteiger partial charge in [-0.25, -0.2) is 0 Å². The van der Waals surface area contributed by atoms with Gasteiger partial charge in [-0.15, -0.1) is 11.3 Å². The molecule has 1 aliphatic rings. The minimum absolute atomic E-state index is 0.133. The molecule has 2 rings (SSSR count). The summed E-state index contributed by atoms with van der Waals surface area (Å²) in [7, 11) is 0. The van der Waals surface area contributed by atoms with Crippen LogP contribution in [-0.2, 0) is 5.54 Å². The average molecular weight is 345 g/mol. The normalized spacial score (nSPS) is 18.3. The van der Waals surface area contributed by atoms with Crippen LogP contribution >= 0.6 is 39.5 Å². The standard InChI is InChI=1S/C13H17BrN2S2/c1-9(17)16-13(2,7-11-4-3-5-15-11)12-6-10(14)8-18-12/h6,8H,3-5,7H2,1-2H3,(H,16,17)/t13-/m0/s1. The molecular formula is C13H17BrN2S2. The average Bonchev–Trinajstić information content (AvgIpc) is 2.88. The molecule has 0 amide bonds. The molecule has 0 saturated heterocycles. The van der Waals surface area contributed by atoms with E-state index in [-0.39, 0.29) is 5.54 Å². The molecule has 98 valence electrons. The molecule has 1 aliphatic heterocycles. The van der Waals surface area contributed by atoms with Crippen molar-refractivity contribution in [1.82, 2.24) is 5.32 Å². The zero-order valence-corrected chi connectivity index (χ0v) is 13.8. The highest BCUT2D eigenvalue weighted by molar-refractivity contribution is 9.10. The summed E-state index contributed by atoms with van der Waals surface area (Å²) in [5.74, 6) is 0. The number of thiophene rings is 1. The molecule has 5 heteroatoms. The summed E-state index contributed by atoms with van der Waals surface area (Å²) in [5, 5.41) is 5.57. The van der Waals surface area contributed by atoms with Crippen LogP contribution in [0.4, 0.5) is 0 Å². The van der Waals surface area contributed by atoms with Gasteiger partial charge in [-0.2, -0.15) is 0 Å². The van der Waals surface area contributed by atoms with E-state index in [2.05, 4.69) is 44.6 Å². The van der Waals surface area contributed by atoms with Gasteiger partial charge in [0, 0.05) is 33.4 Å². The molecule has 1 aromatic rings. The van der Waals surface area contributed by atoms with Gasteiger partial charge in [0.1, 0.15) is 0 Å². The van der Waals surface area contributed by atoms with E-state index in [9.17, 15) is 0 Å². The lowest BCUT2D eigenvalue weighted by atomic mass is 9.91. The van der Waals surface area contributed by atoms with E-state index >= 15 is 0 Å². The van der Waals surface area contributed by atoms with E-state index in [0.29, 0.717) is 0 Å². The van der Waals surface area contributed by atoms with Crippen molar-refractivity contribution in [2.75, 3.05) is 6.54 Å². The quantitative estimate of drug-likeness (QED) is 0.824. The first kappa shape index (κ1) is 14.2. The van der Waals surface area contributed by atoms with Crippen molar-refractivity contribution in [3.8, 4) is 0 Å². The summed E-state index contributed by atoms with van der Waals surface area (Å²) >= 11 is 10.5. The molecule has 0 aliphatic carbocycles.